The number of unbranched alkanes of at least 4 members (excludes halogenated alkanes) is 2. The number of rotatable bonds is 21. The van der Waals surface area contributed by atoms with E-state index in [1.54, 1.807) is 38.1 Å². The van der Waals surface area contributed by atoms with Gasteiger partial charge in [0.05, 0.1) is 38.1 Å². The second kappa shape index (κ2) is 18.8. The first-order valence-electron chi connectivity index (χ1n) is 15.0. The van der Waals surface area contributed by atoms with Gasteiger partial charge in [-0.15, -0.1) is 0 Å². The van der Waals surface area contributed by atoms with Crippen molar-refractivity contribution < 1.29 is 53.3 Å². The molecule has 15 heteroatoms. The summed E-state index contributed by atoms with van der Waals surface area (Å²) in [7, 11) is 0. The summed E-state index contributed by atoms with van der Waals surface area (Å²) in [4.78, 5) is 71.5. The van der Waals surface area contributed by atoms with Crippen molar-refractivity contribution in [3.63, 3.8) is 0 Å². The standard InChI is InChI=1S/C31H42N4O11/c1-4-7-8-9-21(23(5-2)35(44)18-36)29(40)32-17-33-30(41)25-13-12-24(46-25)19-10-11-20(26(14-19)45-6-3)15-27(37)34-22(31(42)43)16-28(38)39/h10-14,18,21-23,44H,4-9,15-17H2,1-3H3,(H,32,40)(H,33,41)(H,34,37)(H,38,39)(H,42,43)/t21-,22?,23-/m1/s1. The Morgan fingerprint density at radius 2 is 1.76 bits per heavy atom. The summed E-state index contributed by atoms with van der Waals surface area (Å²) in [5.74, 6) is -4.68. The van der Waals surface area contributed by atoms with E-state index in [2.05, 4.69) is 16.0 Å². The number of hydrogen-bond acceptors (Lipinski definition) is 9. The van der Waals surface area contributed by atoms with Crippen LogP contribution in [0.2, 0.25) is 0 Å². The minimum atomic E-state index is -1.59. The van der Waals surface area contributed by atoms with Gasteiger partial charge in [0.1, 0.15) is 17.6 Å². The third-order valence-corrected chi connectivity index (χ3v) is 7.14. The fourth-order valence-corrected chi connectivity index (χ4v) is 4.83. The van der Waals surface area contributed by atoms with Gasteiger partial charge in [0.25, 0.3) is 5.91 Å². The lowest BCUT2D eigenvalue weighted by atomic mass is 9.90. The van der Waals surface area contributed by atoms with Crippen LogP contribution in [0.15, 0.2) is 34.7 Å². The predicted molar refractivity (Wildman–Crippen MR) is 163 cm³/mol. The quantitative estimate of drug-likeness (QED) is 0.0380. The topological polar surface area (TPSA) is 225 Å². The number of carboxylic acid groups (broad SMARTS) is 2. The van der Waals surface area contributed by atoms with Crippen molar-refractivity contribution in [2.75, 3.05) is 13.3 Å². The van der Waals surface area contributed by atoms with Gasteiger partial charge in [-0.3, -0.25) is 29.2 Å². The van der Waals surface area contributed by atoms with Gasteiger partial charge < -0.3 is 35.3 Å². The predicted octanol–water partition coefficient (Wildman–Crippen LogP) is 2.56. The molecule has 252 valence electrons. The summed E-state index contributed by atoms with van der Waals surface area (Å²) >= 11 is 0. The molecule has 46 heavy (non-hydrogen) atoms. The maximum Gasteiger partial charge on any atom is 0.326 e. The summed E-state index contributed by atoms with van der Waals surface area (Å²) < 4.78 is 11.4. The highest BCUT2D eigenvalue weighted by atomic mass is 16.5. The molecular formula is C31H42N4O11. The van der Waals surface area contributed by atoms with E-state index >= 15 is 0 Å². The first-order chi connectivity index (χ1) is 21.9. The third kappa shape index (κ3) is 11.2. The Labute approximate surface area is 266 Å². The lowest BCUT2D eigenvalue weighted by molar-refractivity contribution is -0.168. The molecule has 2 aromatic rings. The van der Waals surface area contributed by atoms with Crippen LogP contribution >= 0.6 is 0 Å². The number of carbonyl (C=O) groups excluding carboxylic acids is 4. The van der Waals surface area contributed by atoms with Gasteiger partial charge in [-0.05, 0) is 38.0 Å². The Bertz CT molecular complexity index is 1360. The fraction of sp³-hybridized carbons (Fsp3) is 0.484. The summed E-state index contributed by atoms with van der Waals surface area (Å²) in [6.07, 6.45) is 2.59. The molecule has 3 atom stereocenters. The molecular weight excluding hydrogens is 604 g/mol. The van der Waals surface area contributed by atoms with E-state index in [1.165, 1.54) is 6.07 Å². The van der Waals surface area contributed by atoms with Gasteiger partial charge in [0, 0.05) is 11.1 Å². The molecule has 1 heterocycles. The molecule has 1 aromatic carbocycles. The number of aliphatic carboxylic acids is 2. The molecule has 4 amide bonds. The molecule has 6 N–H and O–H groups in total. The first-order valence-corrected chi connectivity index (χ1v) is 15.0. The van der Waals surface area contributed by atoms with E-state index in [9.17, 15) is 39.1 Å². The number of amides is 4. The van der Waals surface area contributed by atoms with E-state index in [-0.39, 0.29) is 31.9 Å². The van der Waals surface area contributed by atoms with E-state index < -0.39 is 54.1 Å². The van der Waals surface area contributed by atoms with Crippen LogP contribution in [0.3, 0.4) is 0 Å². The largest absolute Gasteiger partial charge is 0.494 e. The third-order valence-electron chi connectivity index (χ3n) is 7.14. The number of nitrogens with zero attached hydrogens (tertiary/aromatic N) is 1. The first kappa shape index (κ1) is 37.3. The average Bonchev–Trinajstić information content (AvgIpc) is 3.51. The van der Waals surface area contributed by atoms with Crippen molar-refractivity contribution in [2.45, 2.75) is 77.8 Å². The lowest BCUT2D eigenvalue weighted by Crippen LogP contribution is -2.47. The summed E-state index contributed by atoms with van der Waals surface area (Å²) in [5.41, 5.74) is 0.928. The summed E-state index contributed by atoms with van der Waals surface area (Å²) in [6.45, 7) is 5.54. The number of ether oxygens (including phenoxy) is 1. The van der Waals surface area contributed by atoms with Crippen molar-refractivity contribution in [3.05, 3.63) is 41.7 Å². The molecule has 15 nitrogen and oxygen atoms in total. The zero-order valence-electron chi connectivity index (χ0n) is 26.1. The van der Waals surface area contributed by atoms with Crippen LogP contribution in [-0.4, -0.2) is 81.9 Å². The molecule has 2 rings (SSSR count). The number of carboxylic acids is 2. The highest BCUT2D eigenvalue weighted by Gasteiger charge is 2.30. The number of benzene rings is 1. The monoisotopic (exact) mass is 646 g/mol. The molecule has 0 radical (unpaired) electrons. The van der Waals surface area contributed by atoms with Crippen LogP contribution in [0.5, 0.6) is 5.75 Å². The minimum absolute atomic E-state index is 0.0442. The van der Waals surface area contributed by atoms with E-state index in [1.807, 2.05) is 6.92 Å². The second-order valence-electron chi connectivity index (χ2n) is 10.4. The molecule has 0 aliphatic carbocycles. The molecule has 0 bridgehead atoms. The van der Waals surface area contributed by atoms with Crippen LogP contribution in [0.4, 0.5) is 0 Å². The fourth-order valence-electron chi connectivity index (χ4n) is 4.83. The highest BCUT2D eigenvalue weighted by Crippen LogP contribution is 2.29. The highest BCUT2D eigenvalue weighted by molar-refractivity contribution is 5.92. The van der Waals surface area contributed by atoms with E-state index in [4.69, 9.17) is 14.3 Å². The normalized spacial score (nSPS) is 12.7. The number of hydroxylamine groups is 2. The van der Waals surface area contributed by atoms with Crippen molar-refractivity contribution in [2.24, 2.45) is 5.92 Å². The zero-order chi connectivity index (χ0) is 34.2. The van der Waals surface area contributed by atoms with E-state index in [0.717, 1.165) is 19.3 Å². The number of hydrogen-bond donors (Lipinski definition) is 6. The number of furan rings is 1. The molecule has 0 aliphatic heterocycles. The molecule has 0 spiro atoms. The van der Waals surface area contributed by atoms with Crippen LogP contribution < -0.4 is 20.7 Å². The maximum absolute atomic E-state index is 12.9. The van der Waals surface area contributed by atoms with Crippen LogP contribution in [-0.2, 0) is 30.4 Å². The van der Waals surface area contributed by atoms with Gasteiger partial charge in [0.15, 0.2) is 5.76 Å². The Morgan fingerprint density at radius 3 is 2.37 bits per heavy atom. The Kier molecular flexibility index (Phi) is 15.2. The lowest BCUT2D eigenvalue weighted by Gasteiger charge is -2.29. The maximum atomic E-state index is 12.9. The van der Waals surface area contributed by atoms with Gasteiger partial charge in [-0.2, -0.15) is 0 Å². The van der Waals surface area contributed by atoms with Crippen LogP contribution in [0, 0.1) is 5.92 Å². The van der Waals surface area contributed by atoms with Gasteiger partial charge >= 0.3 is 11.9 Å². The van der Waals surface area contributed by atoms with Gasteiger partial charge in [0.2, 0.25) is 18.2 Å². The molecule has 0 fully saturated rings. The Morgan fingerprint density at radius 1 is 1.02 bits per heavy atom. The molecule has 1 aromatic heterocycles. The van der Waals surface area contributed by atoms with Gasteiger partial charge in [-0.25, -0.2) is 9.86 Å². The molecule has 1 unspecified atom stereocenters. The van der Waals surface area contributed by atoms with Crippen molar-refractivity contribution in [1.29, 1.82) is 0 Å². The number of carbonyl (C=O) groups is 6. The van der Waals surface area contributed by atoms with E-state index in [0.29, 0.717) is 40.5 Å². The summed E-state index contributed by atoms with van der Waals surface area (Å²) in [6, 6.07) is 5.48. The van der Waals surface area contributed by atoms with Crippen LogP contribution in [0.25, 0.3) is 11.3 Å². The van der Waals surface area contributed by atoms with Crippen molar-refractivity contribution in [1.82, 2.24) is 21.0 Å². The zero-order valence-corrected chi connectivity index (χ0v) is 26.1. The Balaban J connectivity index is 2.08. The second-order valence-corrected chi connectivity index (χ2v) is 10.4. The average molecular weight is 647 g/mol. The molecule has 0 saturated heterocycles. The number of nitrogens with one attached hydrogen (secondary N) is 3. The molecule has 0 saturated carbocycles. The van der Waals surface area contributed by atoms with Crippen molar-refractivity contribution >= 4 is 36.1 Å². The van der Waals surface area contributed by atoms with Crippen molar-refractivity contribution in [3.8, 4) is 17.1 Å². The van der Waals surface area contributed by atoms with Gasteiger partial charge in [-0.1, -0.05) is 45.2 Å². The molecule has 0 aliphatic rings. The minimum Gasteiger partial charge on any atom is -0.494 e. The van der Waals surface area contributed by atoms with Crippen LogP contribution in [0.1, 0.15) is 75.4 Å². The smallest absolute Gasteiger partial charge is 0.326 e. The Hall–Kier alpha value is -4.92. The SMILES string of the molecule is CCCCC[C@@H](C(=O)NCNC(=O)c1ccc(-c2ccc(CC(=O)NC(CC(=O)O)C(=O)O)c(OCC)c2)o1)[C@@H](CC)N(O)C=O. The summed E-state index contributed by atoms with van der Waals surface area (Å²) in [5, 5.41) is 35.9.